The predicted octanol–water partition coefficient (Wildman–Crippen LogP) is 3.27. The van der Waals surface area contributed by atoms with Crippen molar-refractivity contribution in [3.05, 3.63) is 41.9 Å². The molecule has 1 aromatic heterocycles. The van der Waals surface area contributed by atoms with Gasteiger partial charge >= 0.3 is 0 Å². The molecule has 150 valence electrons. The molecule has 4 rings (SSSR count). The highest BCUT2D eigenvalue weighted by Gasteiger charge is 2.43. The quantitative estimate of drug-likeness (QED) is 0.587. The van der Waals surface area contributed by atoms with Crippen molar-refractivity contribution in [2.24, 2.45) is 0 Å². The van der Waals surface area contributed by atoms with E-state index in [4.69, 9.17) is 20.6 Å². The molecule has 1 aliphatic carbocycles. The number of benzene rings is 1. The lowest BCUT2D eigenvalue weighted by Gasteiger charge is -2.32. The summed E-state index contributed by atoms with van der Waals surface area (Å²) in [6.07, 6.45) is 4.80. The normalized spacial score (nSPS) is 20.6. The van der Waals surface area contributed by atoms with Crippen molar-refractivity contribution in [2.45, 2.75) is 44.8 Å². The molecule has 1 atom stereocenters. The Morgan fingerprint density at radius 1 is 1.39 bits per heavy atom. The van der Waals surface area contributed by atoms with Crippen LogP contribution in [0.25, 0.3) is 0 Å². The zero-order valence-corrected chi connectivity index (χ0v) is 16.4. The van der Waals surface area contributed by atoms with Crippen LogP contribution in [0.4, 0.5) is 11.5 Å². The monoisotopic (exact) mass is 383 g/mol. The molecule has 1 aliphatic heterocycles. The number of hydrogen-bond donors (Lipinski definition) is 2. The molecule has 0 spiro atoms. The standard InChI is InChI=1S/C21H27N5O2.H2/c1-3-21(6-7-21)28-15-4-5-17(22)16(10-15)20(23)18-11-19(25-13-24-18)26-8-9-27-14(2)12-26;/h4-5,10-11,13-14,23H,3,6-9,12,22H2,1-2H3;1H/t14-;/m1./s1. The minimum atomic E-state index is -0.0370. The summed E-state index contributed by atoms with van der Waals surface area (Å²) in [5.74, 6) is 1.56. The van der Waals surface area contributed by atoms with Gasteiger partial charge in [-0.3, -0.25) is 5.41 Å². The highest BCUT2D eigenvalue weighted by molar-refractivity contribution is 6.13. The number of nitrogens with zero attached hydrogens (tertiary/aromatic N) is 3. The maximum atomic E-state index is 8.68. The van der Waals surface area contributed by atoms with Crippen LogP contribution >= 0.6 is 0 Å². The largest absolute Gasteiger partial charge is 0.487 e. The van der Waals surface area contributed by atoms with Crippen molar-refractivity contribution < 1.29 is 10.9 Å². The first-order chi connectivity index (χ1) is 13.5. The SMILES string of the molecule is CCC1(Oc2ccc(N)c(C(=N)c3cc(N4CCO[C@H](C)C4)ncn3)c2)CC1.[HH]. The van der Waals surface area contributed by atoms with Gasteiger partial charge in [0, 0.05) is 31.8 Å². The summed E-state index contributed by atoms with van der Waals surface area (Å²) in [7, 11) is 0. The molecule has 2 aliphatic rings. The Labute approximate surface area is 166 Å². The molecule has 7 nitrogen and oxygen atoms in total. The Balaban J connectivity index is 0.00000240. The average molecular weight is 383 g/mol. The molecular formula is C21H29N5O2. The molecule has 1 saturated heterocycles. The Bertz CT molecular complexity index is 887. The van der Waals surface area contributed by atoms with Crippen molar-refractivity contribution in [2.75, 3.05) is 30.3 Å². The van der Waals surface area contributed by atoms with Crippen molar-refractivity contribution in [3.63, 3.8) is 0 Å². The Hall–Kier alpha value is -2.67. The van der Waals surface area contributed by atoms with Gasteiger partial charge < -0.3 is 20.1 Å². The van der Waals surface area contributed by atoms with Crippen LogP contribution in [0.5, 0.6) is 5.75 Å². The number of hydrogen-bond acceptors (Lipinski definition) is 7. The first-order valence-corrected chi connectivity index (χ1v) is 9.86. The van der Waals surface area contributed by atoms with E-state index in [1.165, 1.54) is 6.33 Å². The number of morpholine rings is 1. The highest BCUT2D eigenvalue weighted by Crippen LogP contribution is 2.43. The van der Waals surface area contributed by atoms with Crippen molar-refractivity contribution in [3.8, 4) is 5.75 Å². The number of rotatable bonds is 6. The van der Waals surface area contributed by atoms with Crippen molar-refractivity contribution >= 4 is 17.2 Å². The smallest absolute Gasteiger partial charge is 0.132 e. The third-order valence-electron chi connectivity index (χ3n) is 5.55. The number of aromatic nitrogens is 2. The van der Waals surface area contributed by atoms with Gasteiger partial charge in [0.2, 0.25) is 0 Å². The number of nitrogens with one attached hydrogen (secondary N) is 1. The predicted molar refractivity (Wildman–Crippen MR) is 111 cm³/mol. The zero-order valence-electron chi connectivity index (χ0n) is 16.4. The minimum absolute atomic E-state index is 0. The van der Waals surface area contributed by atoms with Gasteiger partial charge in [-0.05, 0) is 44.4 Å². The molecule has 0 bridgehead atoms. The third-order valence-corrected chi connectivity index (χ3v) is 5.55. The van der Waals surface area contributed by atoms with E-state index in [0.717, 1.165) is 43.9 Å². The molecule has 7 heteroatoms. The van der Waals surface area contributed by atoms with Crippen LogP contribution in [0.3, 0.4) is 0 Å². The summed E-state index contributed by atoms with van der Waals surface area (Å²) in [6, 6.07) is 7.38. The molecule has 2 heterocycles. The summed E-state index contributed by atoms with van der Waals surface area (Å²) in [4.78, 5) is 10.9. The van der Waals surface area contributed by atoms with E-state index in [0.29, 0.717) is 23.6 Å². The summed E-state index contributed by atoms with van der Waals surface area (Å²) < 4.78 is 11.8. The molecule has 1 saturated carbocycles. The lowest BCUT2D eigenvalue weighted by molar-refractivity contribution is 0.0529. The third kappa shape index (κ3) is 3.80. The zero-order chi connectivity index (χ0) is 19.7. The average Bonchev–Trinajstić information content (AvgIpc) is 3.49. The van der Waals surface area contributed by atoms with Crippen LogP contribution in [0.2, 0.25) is 0 Å². The van der Waals surface area contributed by atoms with Gasteiger partial charge in [-0.15, -0.1) is 0 Å². The van der Waals surface area contributed by atoms with E-state index in [2.05, 4.69) is 21.8 Å². The van der Waals surface area contributed by atoms with Crippen LogP contribution in [-0.4, -0.2) is 47.1 Å². The molecule has 0 unspecified atom stereocenters. The van der Waals surface area contributed by atoms with E-state index in [1.54, 1.807) is 6.07 Å². The minimum Gasteiger partial charge on any atom is -0.487 e. The van der Waals surface area contributed by atoms with Gasteiger partial charge in [0.1, 0.15) is 23.5 Å². The first kappa shape index (κ1) is 18.7. The lowest BCUT2D eigenvalue weighted by atomic mass is 10.0. The fourth-order valence-corrected chi connectivity index (χ4v) is 3.55. The van der Waals surface area contributed by atoms with Crippen LogP contribution in [0, 0.1) is 5.41 Å². The van der Waals surface area contributed by atoms with E-state index < -0.39 is 0 Å². The van der Waals surface area contributed by atoms with E-state index in [1.807, 2.05) is 25.1 Å². The fraction of sp³-hybridized carbons (Fsp3) is 0.476. The molecule has 2 fully saturated rings. The van der Waals surface area contributed by atoms with Gasteiger partial charge in [-0.25, -0.2) is 9.97 Å². The molecule has 2 aromatic rings. The van der Waals surface area contributed by atoms with Crippen LogP contribution < -0.4 is 15.4 Å². The van der Waals surface area contributed by atoms with Crippen LogP contribution in [-0.2, 0) is 4.74 Å². The Morgan fingerprint density at radius 2 is 2.21 bits per heavy atom. The topological polar surface area (TPSA) is 97.4 Å². The second-order valence-corrected chi connectivity index (χ2v) is 7.65. The second kappa shape index (κ2) is 7.39. The van der Waals surface area contributed by atoms with E-state index in [9.17, 15) is 0 Å². The molecule has 0 radical (unpaired) electrons. The van der Waals surface area contributed by atoms with Gasteiger partial charge in [0.25, 0.3) is 0 Å². The molecule has 28 heavy (non-hydrogen) atoms. The van der Waals surface area contributed by atoms with Gasteiger partial charge in [0.15, 0.2) is 0 Å². The van der Waals surface area contributed by atoms with Crippen molar-refractivity contribution in [1.29, 1.82) is 5.41 Å². The lowest BCUT2D eigenvalue weighted by Crippen LogP contribution is -2.41. The Morgan fingerprint density at radius 3 is 2.93 bits per heavy atom. The number of nitrogen functional groups attached to an aromatic ring is 1. The maximum absolute atomic E-state index is 8.68. The number of anilines is 2. The van der Waals surface area contributed by atoms with Gasteiger partial charge in [-0.2, -0.15) is 0 Å². The maximum Gasteiger partial charge on any atom is 0.132 e. The highest BCUT2D eigenvalue weighted by atomic mass is 16.5. The molecular weight excluding hydrogens is 354 g/mol. The van der Waals surface area contributed by atoms with Crippen LogP contribution in [0.15, 0.2) is 30.6 Å². The van der Waals surface area contributed by atoms with Crippen LogP contribution in [0.1, 0.15) is 45.8 Å². The van der Waals surface area contributed by atoms with Gasteiger partial charge in [0.05, 0.1) is 24.1 Å². The summed E-state index contributed by atoms with van der Waals surface area (Å²) >= 11 is 0. The molecule has 0 amide bonds. The van der Waals surface area contributed by atoms with E-state index in [-0.39, 0.29) is 18.8 Å². The summed E-state index contributed by atoms with van der Waals surface area (Å²) in [5.41, 5.74) is 8.12. The fourth-order valence-electron chi connectivity index (χ4n) is 3.55. The first-order valence-electron chi connectivity index (χ1n) is 9.86. The number of nitrogens with two attached hydrogens (primary N) is 1. The number of ether oxygens (including phenoxy) is 2. The van der Waals surface area contributed by atoms with Gasteiger partial charge in [-0.1, -0.05) is 6.92 Å². The Kier molecular flexibility index (Phi) is 4.93. The molecule has 1 aromatic carbocycles. The summed E-state index contributed by atoms with van der Waals surface area (Å²) in [5, 5.41) is 8.68. The summed E-state index contributed by atoms with van der Waals surface area (Å²) in [6.45, 7) is 6.41. The molecule has 3 N–H and O–H groups in total. The van der Waals surface area contributed by atoms with Crippen molar-refractivity contribution in [1.82, 2.24) is 9.97 Å². The second-order valence-electron chi connectivity index (χ2n) is 7.65. The van der Waals surface area contributed by atoms with E-state index >= 15 is 0 Å².